The van der Waals surface area contributed by atoms with Crippen LogP contribution in [0.3, 0.4) is 0 Å². The van der Waals surface area contributed by atoms with E-state index in [4.69, 9.17) is 47.4 Å². The topological polar surface area (TPSA) is 355 Å². The average molecular weight is 1050 g/mol. The van der Waals surface area contributed by atoms with E-state index in [1.165, 1.54) is 5.57 Å². The zero-order valence-corrected chi connectivity index (χ0v) is 41.9. The number of hydrogen-bond acceptors (Lipinski definition) is 23. The summed E-state index contributed by atoms with van der Waals surface area (Å²) in [7, 11) is 0. The quantitative estimate of drug-likeness (QED) is 0.0905. The molecule has 30 atom stereocenters. The highest BCUT2D eigenvalue weighted by Crippen LogP contribution is 2.72. The number of rotatable bonds is 11. The van der Waals surface area contributed by atoms with Crippen LogP contribution in [-0.2, 0) is 47.4 Å². The first-order chi connectivity index (χ1) is 34.6. The highest BCUT2D eigenvalue weighted by molar-refractivity contribution is 5.30. The van der Waals surface area contributed by atoms with Gasteiger partial charge in [-0.3, -0.25) is 0 Å². The molecule has 418 valence electrons. The predicted molar refractivity (Wildman–Crippen MR) is 244 cm³/mol. The van der Waals surface area contributed by atoms with Gasteiger partial charge in [-0.1, -0.05) is 39.3 Å². The van der Waals surface area contributed by atoms with Crippen molar-refractivity contribution in [2.75, 3.05) is 33.0 Å². The fourth-order valence-corrected chi connectivity index (χ4v) is 15.2. The Balaban J connectivity index is 0.833. The van der Waals surface area contributed by atoms with Crippen LogP contribution in [0, 0.1) is 40.4 Å². The van der Waals surface area contributed by atoms with Crippen LogP contribution in [0.4, 0.5) is 0 Å². The van der Waals surface area contributed by atoms with Gasteiger partial charge in [0.05, 0.1) is 50.8 Å². The van der Waals surface area contributed by atoms with Crippen LogP contribution in [0.15, 0.2) is 11.6 Å². The fourth-order valence-electron chi connectivity index (χ4n) is 15.2. The Hall–Kier alpha value is -1.18. The molecule has 4 aliphatic carbocycles. The van der Waals surface area contributed by atoms with Crippen molar-refractivity contribution >= 4 is 0 Å². The number of hydrogen-bond donors (Lipinski definition) is 13. The molecular weight excluding hydrogens is 969 g/mol. The molecule has 23 nitrogen and oxygen atoms in total. The lowest BCUT2D eigenvalue weighted by atomic mass is 9.45. The highest BCUT2D eigenvalue weighted by Gasteiger charge is 2.74. The van der Waals surface area contributed by atoms with Gasteiger partial charge in [0.2, 0.25) is 0 Å². The Bertz CT molecular complexity index is 1940. The molecule has 3 saturated carbocycles. The normalized spacial score (nSPS) is 57.1. The Labute approximate surface area is 423 Å². The maximum absolute atomic E-state index is 13.0. The molecule has 6 aliphatic heterocycles. The van der Waals surface area contributed by atoms with Crippen LogP contribution < -0.4 is 0 Å². The van der Waals surface area contributed by atoms with Crippen molar-refractivity contribution in [3.63, 3.8) is 0 Å². The SMILES string of the molecule is C[C@H]1CC[C@]2(OC1)O[C@H]1C[C@@]3(O)[C@@H]4CC=C5C[C@@H](O[C@@H]6O[C@H](CO)[C@H](O[C@@H]7O[C@H](CO)[C@@H](O)[C@H](O[C@@H]8OC[C@@H](O)[C@H](O)[C@H]8O)[C@H]7O[C@@H]7O[C@H](CO)[C@@H](O)[C@H](O)[C@H]7O)[C@H](O)[C@H]6O)CC[C@]5(C)[C@H]4CC[C@]3(C)[C@H]1[C@@H]2C. The third kappa shape index (κ3) is 9.12. The van der Waals surface area contributed by atoms with Crippen LogP contribution in [0.25, 0.3) is 0 Å². The van der Waals surface area contributed by atoms with E-state index in [1.807, 2.05) is 0 Å². The fraction of sp³-hybridized carbons (Fsp3) is 0.960. The Morgan fingerprint density at radius 1 is 0.603 bits per heavy atom. The standard InChI is InChI=1S/C50H80O23/c1-20-7-12-50(65-18-20)21(2)31-27(73-50)14-49(63)25-6-5-22-13-23(8-10-47(22,3)24(25)9-11-48(31,49)4)66-44-39(62)36(59)40(30(17-53)69-44)70-46-42(72-45-38(61)35(58)33(56)28(15-51)67-45)41(34(57)29(16-52)68-46)71-43-37(60)32(55)26(54)19-64-43/h5,20-21,23-46,51-63H,6-19H2,1-4H3/t20-,21-,23-,24-,25+,26+,27-,28+,29+,30+,31-,32-,33+,34+,35-,36+,37+,38+,39+,40-,41-,42+,43-,44+,45-,46-,47-,48+,49+,50-/m0/s1. The monoisotopic (exact) mass is 1050 g/mol. The van der Waals surface area contributed by atoms with E-state index in [-0.39, 0.29) is 40.6 Å². The van der Waals surface area contributed by atoms with Crippen molar-refractivity contribution in [2.24, 2.45) is 40.4 Å². The molecule has 0 aromatic rings. The summed E-state index contributed by atoms with van der Waals surface area (Å²) in [4.78, 5) is 0. The molecule has 0 aromatic carbocycles. The largest absolute Gasteiger partial charge is 0.394 e. The molecule has 6 saturated heterocycles. The molecule has 13 N–H and O–H groups in total. The van der Waals surface area contributed by atoms with Gasteiger partial charge in [0.25, 0.3) is 0 Å². The van der Waals surface area contributed by atoms with Crippen LogP contribution in [0.5, 0.6) is 0 Å². The number of aliphatic hydroxyl groups excluding tert-OH is 12. The number of fused-ring (bicyclic) bond motifs is 7. The van der Waals surface area contributed by atoms with Crippen molar-refractivity contribution in [2.45, 2.75) is 226 Å². The predicted octanol–water partition coefficient (Wildman–Crippen LogP) is -3.24. The zero-order chi connectivity index (χ0) is 52.3. The van der Waals surface area contributed by atoms with Crippen molar-refractivity contribution in [1.29, 1.82) is 0 Å². The number of allylic oxidation sites excluding steroid dienone is 1. The van der Waals surface area contributed by atoms with Crippen LogP contribution >= 0.6 is 0 Å². The molecule has 1 spiro atoms. The van der Waals surface area contributed by atoms with Gasteiger partial charge in [-0.05, 0) is 68.1 Å². The lowest BCUT2D eigenvalue weighted by Gasteiger charge is -2.62. The summed E-state index contributed by atoms with van der Waals surface area (Å²) < 4.78 is 61.1. The van der Waals surface area contributed by atoms with E-state index >= 15 is 0 Å². The minimum Gasteiger partial charge on any atom is -0.394 e. The first-order valence-corrected chi connectivity index (χ1v) is 26.5. The highest BCUT2D eigenvalue weighted by atomic mass is 16.8. The molecule has 10 aliphatic rings. The lowest BCUT2D eigenvalue weighted by molar-refractivity contribution is -0.403. The summed E-state index contributed by atoms with van der Waals surface area (Å²) in [6.07, 6.45) is -24.8. The van der Waals surface area contributed by atoms with E-state index in [0.717, 1.165) is 32.1 Å². The summed E-state index contributed by atoms with van der Waals surface area (Å²) in [6.45, 7) is 6.66. The van der Waals surface area contributed by atoms with Gasteiger partial charge < -0.3 is 114 Å². The molecule has 0 radical (unpaired) electrons. The van der Waals surface area contributed by atoms with E-state index in [9.17, 15) is 66.4 Å². The second kappa shape index (κ2) is 20.8. The van der Waals surface area contributed by atoms with E-state index < -0.39 is 161 Å². The first kappa shape index (κ1) is 55.1. The van der Waals surface area contributed by atoms with Crippen LogP contribution in [0.2, 0.25) is 0 Å². The lowest BCUT2D eigenvalue weighted by Crippen LogP contribution is -2.68. The second-order valence-corrected chi connectivity index (χ2v) is 23.6. The first-order valence-electron chi connectivity index (χ1n) is 26.5. The Morgan fingerprint density at radius 2 is 1.23 bits per heavy atom. The second-order valence-electron chi connectivity index (χ2n) is 23.6. The minimum absolute atomic E-state index is 0.0326. The molecule has 6 heterocycles. The van der Waals surface area contributed by atoms with Gasteiger partial charge in [-0.25, -0.2) is 0 Å². The molecule has 0 aromatic heterocycles. The van der Waals surface area contributed by atoms with Gasteiger partial charge in [-0.2, -0.15) is 0 Å². The maximum atomic E-state index is 13.0. The van der Waals surface area contributed by atoms with Gasteiger partial charge in [0, 0.05) is 30.1 Å². The van der Waals surface area contributed by atoms with Crippen LogP contribution in [-0.4, -0.2) is 240 Å². The molecule has 0 amide bonds. The number of ether oxygens (including phenoxy) is 10. The van der Waals surface area contributed by atoms with E-state index in [1.54, 1.807) is 0 Å². The Kier molecular flexibility index (Phi) is 15.7. The molecule has 23 heteroatoms. The van der Waals surface area contributed by atoms with Crippen molar-refractivity contribution in [3.8, 4) is 0 Å². The molecular formula is C50H80O23. The van der Waals surface area contributed by atoms with Crippen molar-refractivity contribution in [1.82, 2.24) is 0 Å². The number of aliphatic hydroxyl groups is 13. The molecule has 9 fully saturated rings. The van der Waals surface area contributed by atoms with Gasteiger partial charge in [0.15, 0.2) is 30.9 Å². The van der Waals surface area contributed by atoms with Gasteiger partial charge in [-0.15, -0.1) is 0 Å². The molecule has 0 bridgehead atoms. The van der Waals surface area contributed by atoms with E-state index in [2.05, 4.69) is 33.8 Å². The summed E-state index contributed by atoms with van der Waals surface area (Å²) in [5, 5.41) is 142. The minimum atomic E-state index is -2.01. The third-order valence-corrected chi connectivity index (χ3v) is 19.6. The van der Waals surface area contributed by atoms with Crippen molar-refractivity contribution in [3.05, 3.63) is 11.6 Å². The van der Waals surface area contributed by atoms with Crippen molar-refractivity contribution < 1.29 is 114 Å². The molecule has 0 unspecified atom stereocenters. The van der Waals surface area contributed by atoms with E-state index in [0.29, 0.717) is 38.2 Å². The smallest absolute Gasteiger partial charge is 0.187 e. The molecule has 10 rings (SSSR count). The summed E-state index contributed by atoms with van der Waals surface area (Å²) >= 11 is 0. The maximum Gasteiger partial charge on any atom is 0.187 e. The zero-order valence-electron chi connectivity index (χ0n) is 41.9. The summed E-state index contributed by atoms with van der Waals surface area (Å²) in [5.74, 6) is 0.488. The van der Waals surface area contributed by atoms with Gasteiger partial charge >= 0.3 is 0 Å². The average Bonchev–Trinajstić information content (AvgIpc) is 3.77. The Morgan fingerprint density at radius 3 is 1.93 bits per heavy atom. The molecule has 73 heavy (non-hydrogen) atoms. The summed E-state index contributed by atoms with van der Waals surface area (Å²) in [6, 6.07) is 0. The third-order valence-electron chi connectivity index (χ3n) is 19.6. The van der Waals surface area contributed by atoms with Crippen LogP contribution in [0.1, 0.15) is 85.5 Å². The summed E-state index contributed by atoms with van der Waals surface area (Å²) in [5.41, 5.74) is -0.289. The van der Waals surface area contributed by atoms with Gasteiger partial charge in [0.1, 0.15) is 91.6 Å².